The Hall–Kier alpha value is -1.52. The van der Waals surface area contributed by atoms with Crippen LogP contribution in [0.2, 0.25) is 0 Å². The number of aliphatic hydroxyl groups excluding tert-OH is 1. The smallest absolute Gasteiger partial charge is 0.417 e. The zero-order valence-electron chi connectivity index (χ0n) is 11.0. The maximum absolute atomic E-state index is 12.1. The van der Waals surface area contributed by atoms with Gasteiger partial charge in [0.05, 0.1) is 17.9 Å². The Labute approximate surface area is 106 Å². The number of fused-ring (bicyclic) bond motifs is 1. The molecule has 100 valence electrons. The van der Waals surface area contributed by atoms with Crippen molar-refractivity contribution in [2.75, 3.05) is 0 Å². The van der Waals surface area contributed by atoms with Crippen LogP contribution in [0.1, 0.15) is 40.0 Å². The van der Waals surface area contributed by atoms with Crippen molar-refractivity contribution in [1.82, 2.24) is 4.90 Å². The topological polar surface area (TPSA) is 66.8 Å². The fourth-order valence-electron chi connectivity index (χ4n) is 2.74. The summed E-state index contributed by atoms with van der Waals surface area (Å²) >= 11 is 0. The zero-order chi connectivity index (χ0) is 13.5. The van der Waals surface area contributed by atoms with Crippen molar-refractivity contribution in [2.24, 2.45) is 5.92 Å². The number of nitrogens with zero attached hydrogens (tertiary/aromatic N) is 1. The molecule has 2 atom stereocenters. The molecule has 1 N–H and O–H groups in total. The standard InChI is InChI=1S/C13H19NO4/c1-13(2,3)18-12(17)14-10-6-4-5-8(10)9(7-15)11(14)16/h7-8,10,15H,4-6H2,1-3H3. The molecular weight excluding hydrogens is 234 g/mol. The summed E-state index contributed by atoms with van der Waals surface area (Å²) in [6.07, 6.45) is 2.81. The first-order chi connectivity index (χ1) is 8.35. The molecule has 5 heteroatoms. The largest absolute Gasteiger partial charge is 0.515 e. The first-order valence-electron chi connectivity index (χ1n) is 6.26. The van der Waals surface area contributed by atoms with Crippen molar-refractivity contribution in [1.29, 1.82) is 0 Å². The number of hydrogen-bond acceptors (Lipinski definition) is 4. The van der Waals surface area contributed by atoms with Crippen molar-refractivity contribution in [3.63, 3.8) is 0 Å². The average molecular weight is 253 g/mol. The summed E-state index contributed by atoms with van der Waals surface area (Å²) in [5.41, 5.74) is -0.291. The molecule has 0 aromatic heterocycles. The van der Waals surface area contributed by atoms with Gasteiger partial charge in [-0.2, -0.15) is 0 Å². The van der Waals surface area contributed by atoms with Gasteiger partial charge in [0.1, 0.15) is 5.60 Å². The molecular formula is C13H19NO4. The molecule has 0 spiro atoms. The number of carbonyl (C=O) groups is 2. The summed E-state index contributed by atoms with van der Waals surface area (Å²) in [6.45, 7) is 5.29. The van der Waals surface area contributed by atoms with Gasteiger partial charge in [0.15, 0.2) is 0 Å². The molecule has 2 fully saturated rings. The van der Waals surface area contributed by atoms with E-state index in [1.807, 2.05) is 0 Å². The molecule has 2 aliphatic rings. The summed E-state index contributed by atoms with van der Waals surface area (Å²) in [5.74, 6) is -0.448. The number of imide groups is 1. The van der Waals surface area contributed by atoms with Gasteiger partial charge in [0, 0.05) is 5.92 Å². The van der Waals surface area contributed by atoms with E-state index in [-0.39, 0.29) is 12.0 Å². The van der Waals surface area contributed by atoms with E-state index in [4.69, 9.17) is 9.84 Å². The summed E-state index contributed by atoms with van der Waals surface area (Å²) in [6, 6.07) is -0.147. The van der Waals surface area contributed by atoms with Gasteiger partial charge in [0.25, 0.3) is 5.91 Å². The third kappa shape index (κ3) is 2.09. The van der Waals surface area contributed by atoms with Crippen molar-refractivity contribution in [3.05, 3.63) is 11.8 Å². The normalized spacial score (nSPS) is 29.8. The first-order valence-corrected chi connectivity index (χ1v) is 6.26. The lowest BCUT2D eigenvalue weighted by Gasteiger charge is -2.26. The van der Waals surface area contributed by atoms with E-state index < -0.39 is 17.6 Å². The lowest BCUT2D eigenvalue weighted by atomic mass is 10.00. The highest BCUT2D eigenvalue weighted by Gasteiger charge is 2.50. The number of rotatable bonds is 0. The Morgan fingerprint density at radius 2 is 2.11 bits per heavy atom. The highest BCUT2D eigenvalue weighted by molar-refractivity contribution is 6.05. The molecule has 1 aliphatic heterocycles. The minimum absolute atomic E-state index is 0.0324. The van der Waals surface area contributed by atoms with Crippen molar-refractivity contribution in [3.8, 4) is 0 Å². The van der Waals surface area contributed by atoms with Crippen molar-refractivity contribution in [2.45, 2.75) is 51.7 Å². The molecule has 1 aliphatic carbocycles. The number of likely N-dealkylation sites (tertiary alicyclic amines) is 1. The van der Waals surface area contributed by atoms with Crippen molar-refractivity contribution < 1.29 is 19.4 Å². The number of carbonyl (C=O) groups excluding carboxylic acids is 2. The lowest BCUT2D eigenvalue weighted by Crippen LogP contribution is -2.42. The van der Waals surface area contributed by atoms with Crippen LogP contribution in [-0.4, -0.2) is 33.6 Å². The van der Waals surface area contributed by atoms with Crippen LogP contribution >= 0.6 is 0 Å². The second kappa shape index (κ2) is 4.30. The van der Waals surface area contributed by atoms with E-state index in [0.717, 1.165) is 25.5 Å². The summed E-state index contributed by atoms with van der Waals surface area (Å²) in [4.78, 5) is 25.3. The molecule has 0 bridgehead atoms. The van der Waals surface area contributed by atoms with Crippen LogP contribution in [0.25, 0.3) is 0 Å². The Bertz CT molecular complexity index is 408. The Morgan fingerprint density at radius 1 is 1.44 bits per heavy atom. The predicted octanol–water partition coefficient (Wildman–Crippen LogP) is 2.37. The van der Waals surface area contributed by atoms with Gasteiger partial charge in [-0.15, -0.1) is 0 Å². The second-order valence-corrected chi connectivity index (χ2v) is 5.84. The summed E-state index contributed by atoms with van der Waals surface area (Å²) < 4.78 is 5.25. The number of aliphatic hydroxyl groups is 1. The molecule has 0 aromatic carbocycles. The van der Waals surface area contributed by atoms with Crippen LogP contribution in [0.4, 0.5) is 4.79 Å². The SMILES string of the molecule is CC(C)(C)OC(=O)N1C(=O)C(=CO)C2CCCC21. The Balaban J connectivity index is 2.22. The lowest BCUT2D eigenvalue weighted by molar-refractivity contribution is -0.125. The quantitative estimate of drug-likeness (QED) is 0.531. The maximum Gasteiger partial charge on any atom is 0.417 e. The van der Waals surface area contributed by atoms with Gasteiger partial charge in [0.2, 0.25) is 0 Å². The van der Waals surface area contributed by atoms with Gasteiger partial charge in [-0.05, 0) is 33.6 Å². The fraction of sp³-hybridized carbons (Fsp3) is 0.692. The third-order valence-corrected chi connectivity index (χ3v) is 3.41. The van der Waals surface area contributed by atoms with Crippen LogP contribution in [0.5, 0.6) is 0 Å². The van der Waals surface area contributed by atoms with Gasteiger partial charge < -0.3 is 9.84 Å². The van der Waals surface area contributed by atoms with E-state index in [0.29, 0.717) is 5.57 Å². The third-order valence-electron chi connectivity index (χ3n) is 3.41. The highest BCUT2D eigenvalue weighted by atomic mass is 16.6. The minimum atomic E-state index is -0.628. The second-order valence-electron chi connectivity index (χ2n) is 5.84. The van der Waals surface area contributed by atoms with E-state index >= 15 is 0 Å². The maximum atomic E-state index is 12.1. The van der Waals surface area contributed by atoms with Crippen LogP contribution < -0.4 is 0 Å². The highest BCUT2D eigenvalue weighted by Crippen LogP contribution is 2.42. The number of amides is 2. The first kappa shape index (κ1) is 12.9. The molecule has 1 saturated carbocycles. The van der Waals surface area contributed by atoms with E-state index in [1.165, 1.54) is 4.90 Å². The molecule has 5 nitrogen and oxygen atoms in total. The van der Waals surface area contributed by atoms with Gasteiger partial charge in [-0.1, -0.05) is 6.42 Å². The zero-order valence-corrected chi connectivity index (χ0v) is 11.0. The monoisotopic (exact) mass is 253 g/mol. The van der Waals surface area contributed by atoms with E-state index in [9.17, 15) is 9.59 Å². The van der Waals surface area contributed by atoms with Crippen LogP contribution in [0, 0.1) is 5.92 Å². The van der Waals surface area contributed by atoms with E-state index in [1.54, 1.807) is 20.8 Å². The van der Waals surface area contributed by atoms with Gasteiger partial charge >= 0.3 is 6.09 Å². The summed E-state index contributed by atoms with van der Waals surface area (Å²) in [5, 5.41) is 9.15. The van der Waals surface area contributed by atoms with Crippen molar-refractivity contribution >= 4 is 12.0 Å². The molecule has 0 aromatic rings. The number of ether oxygens (including phenoxy) is 1. The minimum Gasteiger partial charge on any atom is -0.515 e. The Kier molecular flexibility index (Phi) is 3.09. The molecule has 2 rings (SSSR count). The average Bonchev–Trinajstić information content (AvgIpc) is 2.73. The summed E-state index contributed by atoms with van der Waals surface area (Å²) in [7, 11) is 0. The molecule has 2 amide bonds. The molecule has 1 saturated heterocycles. The molecule has 2 unspecified atom stereocenters. The molecule has 0 radical (unpaired) electrons. The van der Waals surface area contributed by atoms with Gasteiger partial charge in [-0.25, -0.2) is 9.69 Å². The van der Waals surface area contributed by atoms with Gasteiger partial charge in [-0.3, -0.25) is 4.79 Å². The molecule has 18 heavy (non-hydrogen) atoms. The molecule has 1 heterocycles. The van der Waals surface area contributed by atoms with Crippen LogP contribution in [-0.2, 0) is 9.53 Å². The number of hydrogen-bond donors (Lipinski definition) is 1. The predicted molar refractivity (Wildman–Crippen MR) is 64.9 cm³/mol. The van der Waals surface area contributed by atoms with Crippen LogP contribution in [0.15, 0.2) is 11.8 Å². The fourth-order valence-corrected chi connectivity index (χ4v) is 2.74. The van der Waals surface area contributed by atoms with E-state index in [2.05, 4.69) is 0 Å². The van der Waals surface area contributed by atoms with Crippen LogP contribution in [0.3, 0.4) is 0 Å². The Morgan fingerprint density at radius 3 is 2.67 bits per heavy atom.